The summed E-state index contributed by atoms with van der Waals surface area (Å²) in [6, 6.07) is 10.9. The molecule has 0 saturated heterocycles. The van der Waals surface area contributed by atoms with Crippen molar-refractivity contribution in [3.8, 4) is 17.0 Å². The fourth-order valence-electron chi connectivity index (χ4n) is 3.34. The van der Waals surface area contributed by atoms with Crippen LogP contribution in [0.1, 0.15) is 0 Å². The van der Waals surface area contributed by atoms with Gasteiger partial charge in [-0.3, -0.25) is 13.5 Å². The number of para-hydroxylation sites is 1. The van der Waals surface area contributed by atoms with Crippen LogP contribution in [-0.4, -0.2) is 33.6 Å². The topological polar surface area (TPSA) is 89.0 Å². The van der Waals surface area contributed by atoms with Gasteiger partial charge in [-0.2, -0.15) is 0 Å². The molecule has 1 aliphatic heterocycles. The van der Waals surface area contributed by atoms with Crippen LogP contribution in [0.25, 0.3) is 32.4 Å². The predicted molar refractivity (Wildman–Crippen MR) is 106 cm³/mol. The first-order valence-corrected chi connectivity index (χ1v) is 9.49. The van der Waals surface area contributed by atoms with Crippen LogP contribution in [0.4, 0.5) is 0 Å². The molecule has 3 heterocycles. The molecule has 5 rings (SSSR count). The molecule has 4 bridgehead atoms. The van der Waals surface area contributed by atoms with Crippen LogP contribution in [-0.2, 0) is 6.54 Å². The average Bonchev–Trinajstić information content (AvgIpc) is 3.00. The second-order valence-electron chi connectivity index (χ2n) is 6.35. The molecule has 0 radical (unpaired) electrons. The van der Waals surface area contributed by atoms with Gasteiger partial charge in [0, 0.05) is 25.2 Å². The van der Waals surface area contributed by atoms with Crippen molar-refractivity contribution in [3.05, 3.63) is 57.1 Å². The first kappa shape index (κ1) is 16.2. The highest BCUT2D eigenvalue weighted by Crippen LogP contribution is 2.30. The third-order valence-corrected chi connectivity index (χ3v) is 5.83. The Balaban J connectivity index is 1.86. The zero-order valence-corrected chi connectivity index (χ0v) is 15.1. The zero-order chi connectivity index (χ0) is 18.4. The van der Waals surface area contributed by atoms with Crippen molar-refractivity contribution in [3.63, 3.8) is 0 Å². The summed E-state index contributed by atoms with van der Waals surface area (Å²) >= 11 is 1.37. The van der Waals surface area contributed by atoms with Crippen LogP contribution in [0.3, 0.4) is 0 Å². The maximum Gasteiger partial charge on any atom is 0.275 e. The summed E-state index contributed by atoms with van der Waals surface area (Å²) in [6.07, 6.45) is 0. The number of nitrogens with one attached hydrogen (secondary N) is 2. The van der Waals surface area contributed by atoms with E-state index in [1.807, 2.05) is 18.2 Å². The van der Waals surface area contributed by atoms with Crippen LogP contribution < -0.4 is 21.2 Å². The minimum Gasteiger partial charge on any atom is -0.490 e. The number of hydrogen-bond acceptors (Lipinski definition) is 6. The maximum atomic E-state index is 12.7. The van der Waals surface area contributed by atoms with Crippen molar-refractivity contribution in [2.75, 3.05) is 19.7 Å². The Hall–Kier alpha value is -2.97. The monoisotopic (exact) mass is 380 g/mol. The van der Waals surface area contributed by atoms with Crippen molar-refractivity contribution in [1.82, 2.24) is 19.2 Å². The Morgan fingerprint density at radius 3 is 2.93 bits per heavy atom. The van der Waals surface area contributed by atoms with Crippen molar-refractivity contribution >= 4 is 32.7 Å². The van der Waals surface area contributed by atoms with Gasteiger partial charge >= 0.3 is 0 Å². The molecule has 0 fully saturated rings. The zero-order valence-electron chi connectivity index (χ0n) is 14.3. The van der Waals surface area contributed by atoms with E-state index in [2.05, 4.69) is 15.3 Å². The largest absolute Gasteiger partial charge is 0.490 e. The van der Waals surface area contributed by atoms with Crippen LogP contribution >= 0.6 is 11.5 Å². The fourth-order valence-corrected chi connectivity index (χ4v) is 4.44. The number of benzene rings is 2. The SMILES string of the molecule is O=c1[nH]c2cccc3c2nc1-c1cccc2c(=O)n(sc12)CCNCCO3. The quantitative estimate of drug-likeness (QED) is 0.487. The molecule has 0 amide bonds. The third-order valence-electron chi connectivity index (χ3n) is 4.64. The molecular formula is C19H16N4O3S. The second kappa shape index (κ2) is 6.33. The Morgan fingerprint density at radius 2 is 2.00 bits per heavy atom. The molecule has 1 aliphatic rings. The van der Waals surface area contributed by atoms with E-state index in [1.165, 1.54) is 11.5 Å². The molecule has 0 unspecified atom stereocenters. The molecule has 27 heavy (non-hydrogen) atoms. The number of rotatable bonds is 0. The molecule has 7 nitrogen and oxygen atoms in total. The van der Waals surface area contributed by atoms with Gasteiger partial charge in [0.2, 0.25) is 0 Å². The molecule has 136 valence electrons. The van der Waals surface area contributed by atoms with E-state index in [1.54, 1.807) is 22.2 Å². The summed E-state index contributed by atoms with van der Waals surface area (Å²) in [5, 5.41) is 3.90. The number of aromatic amines is 1. The molecule has 2 aromatic carbocycles. The van der Waals surface area contributed by atoms with Crippen LogP contribution in [0.2, 0.25) is 0 Å². The number of hydrogen-bond donors (Lipinski definition) is 2. The van der Waals surface area contributed by atoms with Crippen molar-refractivity contribution in [2.45, 2.75) is 6.54 Å². The predicted octanol–water partition coefficient (Wildman–Crippen LogP) is 1.95. The Morgan fingerprint density at radius 1 is 1.11 bits per heavy atom. The molecule has 0 saturated carbocycles. The van der Waals surface area contributed by atoms with Crippen molar-refractivity contribution in [1.29, 1.82) is 0 Å². The van der Waals surface area contributed by atoms with E-state index in [0.717, 1.165) is 4.70 Å². The minimum atomic E-state index is -0.284. The standard InChI is InChI=1S/C19H16N4O3S/c24-18-15-11-3-1-4-12-17(11)27-23(19(12)25)9-7-20-8-10-26-14-6-2-5-13(21-18)16(14)22-15/h1-6,20H,7-10H2,(H,21,24). The highest BCUT2D eigenvalue weighted by Gasteiger charge is 2.17. The van der Waals surface area contributed by atoms with E-state index in [4.69, 9.17) is 4.74 Å². The summed E-state index contributed by atoms with van der Waals surface area (Å²) < 4.78 is 8.36. The van der Waals surface area contributed by atoms with Crippen LogP contribution in [0, 0.1) is 0 Å². The molecule has 0 atom stereocenters. The van der Waals surface area contributed by atoms with Gasteiger partial charge in [-0.1, -0.05) is 29.7 Å². The number of H-pyrrole nitrogens is 1. The lowest BCUT2D eigenvalue weighted by atomic mass is 10.1. The fraction of sp³-hybridized carbons (Fsp3) is 0.211. The Kier molecular flexibility index (Phi) is 3.80. The van der Waals surface area contributed by atoms with Crippen LogP contribution in [0.15, 0.2) is 46.0 Å². The highest BCUT2D eigenvalue weighted by atomic mass is 32.1. The lowest BCUT2D eigenvalue weighted by Crippen LogP contribution is -2.27. The molecule has 0 aliphatic carbocycles. The number of ether oxygens (including phenoxy) is 1. The number of fused-ring (bicyclic) bond motifs is 3. The van der Waals surface area contributed by atoms with Gasteiger partial charge in [0.15, 0.2) is 0 Å². The summed E-state index contributed by atoms with van der Waals surface area (Å²) in [7, 11) is 0. The van der Waals surface area contributed by atoms with Gasteiger partial charge in [-0.05, 0) is 18.2 Å². The Bertz CT molecular complexity index is 1290. The van der Waals surface area contributed by atoms with E-state index in [0.29, 0.717) is 59.7 Å². The van der Waals surface area contributed by atoms with Crippen molar-refractivity contribution in [2.24, 2.45) is 0 Å². The van der Waals surface area contributed by atoms with Gasteiger partial charge in [0.25, 0.3) is 11.1 Å². The molecule has 4 aromatic rings. The van der Waals surface area contributed by atoms with E-state index < -0.39 is 0 Å². The van der Waals surface area contributed by atoms with Gasteiger partial charge in [-0.15, -0.1) is 0 Å². The summed E-state index contributed by atoms with van der Waals surface area (Å²) in [5.41, 5.74) is 1.87. The first-order valence-electron chi connectivity index (χ1n) is 8.72. The molecule has 8 heteroatoms. The highest BCUT2D eigenvalue weighted by molar-refractivity contribution is 7.14. The average molecular weight is 380 g/mol. The normalized spacial score (nSPS) is 14.5. The van der Waals surface area contributed by atoms with Gasteiger partial charge in [0.1, 0.15) is 23.6 Å². The van der Waals surface area contributed by atoms with Gasteiger partial charge in [0.05, 0.1) is 15.6 Å². The Labute approximate surface area is 157 Å². The van der Waals surface area contributed by atoms with Gasteiger partial charge < -0.3 is 15.0 Å². The summed E-state index contributed by atoms with van der Waals surface area (Å²) in [4.78, 5) is 33.0. The number of nitrogens with zero attached hydrogens (tertiary/aromatic N) is 2. The third kappa shape index (κ3) is 2.65. The van der Waals surface area contributed by atoms with Crippen LogP contribution in [0.5, 0.6) is 5.75 Å². The van der Waals surface area contributed by atoms with Crippen molar-refractivity contribution < 1.29 is 4.74 Å². The molecule has 0 spiro atoms. The van der Waals surface area contributed by atoms with E-state index >= 15 is 0 Å². The molecule has 2 aromatic heterocycles. The second-order valence-corrected chi connectivity index (χ2v) is 7.38. The first-order chi connectivity index (χ1) is 13.2. The summed E-state index contributed by atoms with van der Waals surface area (Å²) in [5.74, 6) is 0.627. The lowest BCUT2D eigenvalue weighted by Gasteiger charge is -2.11. The lowest BCUT2D eigenvalue weighted by molar-refractivity contribution is 0.316. The summed E-state index contributed by atoms with van der Waals surface area (Å²) in [6.45, 7) is 2.35. The van der Waals surface area contributed by atoms with Gasteiger partial charge in [-0.25, -0.2) is 4.98 Å². The molecular weight excluding hydrogens is 364 g/mol. The smallest absolute Gasteiger partial charge is 0.275 e. The minimum absolute atomic E-state index is 0.0392. The van der Waals surface area contributed by atoms with E-state index in [-0.39, 0.29) is 11.1 Å². The number of aromatic nitrogens is 3. The molecule has 2 N–H and O–H groups in total. The maximum absolute atomic E-state index is 12.7. The van der Waals surface area contributed by atoms with E-state index in [9.17, 15) is 9.59 Å².